The Hall–Kier alpha value is -1.65. The van der Waals surface area contributed by atoms with Crippen molar-refractivity contribution in [3.63, 3.8) is 0 Å². The number of ether oxygens (including phenoxy) is 2. The maximum absolute atomic E-state index is 12.7. The van der Waals surface area contributed by atoms with Crippen LogP contribution in [0.15, 0.2) is 11.6 Å². The lowest BCUT2D eigenvalue weighted by Gasteiger charge is -2.51. The molecule has 2 aliphatic heterocycles. The minimum absolute atomic E-state index is 0.00143. The largest absolute Gasteiger partial charge is 0.458 e. The molecule has 6 rings (SSSR count). The third-order valence-corrected chi connectivity index (χ3v) is 8.63. The van der Waals surface area contributed by atoms with Gasteiger partial charge in [-0.1, -0.05) is 18.6 Å². The fraction of sp³-hybridized carbons (Fsp3) is 0.750. The first-order valence-corrected chi connectivity index (χ1v) is 9.45. The Balaban J connectivity index is 1.58. The molecular formula is C20H22O5. The second-order valence-corrected chi connectivity index (χ2v) is 9.64. The SMILES string of the molecule is C[C@]1(C=O)CC=C2[C@H]3[C@H](OC(=O)[C@@H]31)[C@H]1OC(=O)[C@@]3(C)CC[C@H]4C[C@]24[C@@H]13. The van der Waals surface area contributed by atoms with Gasteiger partial charge in [-0.3, -0.25) is 9.59 Å². The lowest BCUT2D eigenvalue weighted by molar-refractivity contribution is -0.159. The van der Waals surface area contributed by atoms with Crippen molar-refractivity contribution >= 4 is 18.2 Å². The van der Waals surface area contributed by atoms with Crippen molar-refractivity contribution in [2.75, 3.05) is 0 Å². The number of carbonyl (C=O) groups is 3. The maximum atomic E-state index is 12.7. The van der Waals surface area contributed by atoms with Gasteiger partial charge < -0.3 is 14.3 Å². The molecule has 2 heterocycles. The number of rotatable bonds is 1. The van der Waals surface area contributed by atoms with Crippen LogP contribution in [0.4, 0.5) is 0 Å². The maximum Gasteiger partial charge on any atom is 0.312 e. The summed E-state index contributed by atoms with van der Waals surface area (Å²) in [6.07, 6.45) is 5.99. The molecule has 2 saturated heterocycles. The predicted molar refractivity (Wildman–Crippen MR) is 85.0 cm³/mol. The molecule has 0 N–H and O–H groups in total. The topological polar surface area (TPSA) is 69.7 Å². The van der Waals surface area contributed by atoms with E-state index in [1.54, 1.807) is 0 Å². The van der Waals surface area contributed by atoms with Gasteiger partial charge in [0.15, 0.2) is 0 Å². The van der Waals surface area contributed by atoms with E-state index < -0.39 is 22.9 Å². The summed E-state index contributed by atoms with van der Waals surface area (Å²) in [5, 5.41) is 0. The summed E-state index contributed by atoms with van der Waals surface area (Å²) >= 11 is 0. The molecular weight excluding hydrogens is 320 g/mol. The van der Waals surface area contributed by atoms with Gasteiger partial charge in [0.1, 0.15) is 18.5 Å². The van der Waals surface area contributed by atoms with E-state index in [9.17, 15) is 14.4 Å². The Kier molecular flexibility index (Phi) is 2.24. The quantitative estimate of drug-likeness (QED) is 0.414. The van der Waals surface area contributed by atoms with Crippen LogP contribution in [-0.2, 0) is 23.9 Å². The van der Waals surface area contributed by atoms with Gasteiger partial charge in [-0.2, -0.15) is 0 Å². The summed E-state index contributed by atoms with van der Waals surface area (Å²) in [6.45, 7) is 3.91. The van der Waals surface area contributed by atoms with Crippen LogP contribution in [0.2, 0.25) is 0 Å². The number of carbonyl (C=O) groups excluding carboxylic acids is 3. The number of allylic oxidation sites excluding steroid dienone is 1. The Morgan fingerprint density at radius 1 is 1.20 bits per heavy atom. The zero-order chi connectivity index (χ0) is 17.4. The van der Waals surface area contributed by atoms with Gasteiger partial charge in [-0.25, -0.2) is 0 Å². The Labute approximate surface area is 146 Å². The number of hydrogen-bond acceptors (Lipinski definition) is 5. The third kappa shape index (κ3) is 1.30. The molecule has 4 aliphatic carbocycles. The molecule has 3 saturated carbocycles. The monoisotopic (exact) mass is 342 g/mol. The van der Waals surface area contributed by atoms with E-state index in [4.69, 9.17) is 9.47 Å². The van der Waals surface area contributed by atoms with Crippen LogP contribution in [0.1, 0.15) is 39.5 Å². The second kappa shape index (κ2) is 3.86. The van der Waals surface area contributed by atoms with Gasteiger partial charge in [0.2, 0.25) is 0 Å². The average Bonchev–Trinajstić information content (AvgIpc) is 3.10. The highest BCUT2D eigenvalue weighted by Gasteiger charge is 2.81. The first-order chi connectivity index (χ1) is 11.9. The van der Waals surface area contributed by atoms with E-state index >= 15 is 0 Å². The average molecular weight is 342 g/mol. The molecule has 0 bridgehead atoms. The molecule has 0 aromatic heterocycles. The van der Waals surface area contributed by atoms with Crippen LogP contribution >= 0.6 is 0 Å². The van der Waals surface area contributed by atoms with E-state index in [2.05, 4.69) is 6.08 Å². The van der Waals surface area contributed by atoms with E-state index in [0.29, 0.717) is 12.3 Å². The second-order valence-electron chi connectivity index (χ2n) is 9.64. The van der Waals surface area contributed by atoms with Crippen molar-refractivity contribution in [1.29, 1.82) is 0 Å². The van der Waals surface area contributed by atoms with Crippen molar-refractivity contribution in [2.45, 2.75) is 51.7 Å². The smallest absolute Gasteiger partial charge is 0.312 e. The minimum atomic E-state index is -0.714. The molecule has 132 valence electrons. The number of hydrogen-bond donors (Lipinski definition) is 0. The van der Waals surface area contributed by atoms with E-state index in [1.807, 2.05) is 13.8 Å². The highest BCUT2D eigenvalue weighted by molar-refractivity contribution is 5.85. The van der Waals surface area contributed by atoms with E-state index in [-0.39, 0.29) is 35.3 Å². The van der Waals surface area contributed by atoms with Crippen molar-refractivity contribution in [2.24, 2.45) is 39.9 Å². The summed E-state index contributed by atoms with van der Waals surface area (Å²) < 4.78 is 11.7. The Bertz CT molecular complexity index is 785. The normalized spacial score (nSPS) is 59.8. The molecule has 5 heteroatoms. The summed E-state index contributed by atoms with van der Waals surface area (Å²) in [5.74, 6) is -0.233. The molecule has 9 atom stereocenters. The summed E-state index contributed by atoms with van der Waals surface area (Å²) in [5.41, 5.74) is 0.137. The van der Waals surface area contributed by atoms with Gasteiger partial charge in [-0.15, -0.1) is 0 Å². The molecule has 25 heavy (non-hydrogen) atoms. The van der Waals surface area contributed by atoms with Crippen LogP contribution < -0.4 is 0 Å². The zero-order valence-electron chi connectivity index (χ0n) is 14.5. The van der Waals surface area contributed by atoms with Crippen LogP contribution in [0.5, 0.6) is 0 Å². The van der Waals surface area contributed by atoms with E-state index in [0.717, 1.165) is 25.5 Å². The molecule has 0 unspecified atom stereocenters. The lowest BCUT2D eigenvalue weighted by atomic mass is 9.49. The summed E-state index contributed by atoms with van der Waals surface area (Å²) in [4.78, 5) is 37.3. The molecule has 0 aromatic carbocycles. The number of aldehydes is 1. The van der Waals surface area contributed by atoms with Gasteiger partial charge in [0.05, 0.1) is 11.3 Å². The van der Waals surface area contributed by atoms with Crippen LogP contribution in [0.25, 0.3) is 0 Å². The Morgan fingerprint density at radius 3 is 2.76 bits per heavy atom. The van der Waals surface area contributed by atoms with Gasteiger partial charge >= 0.3 is 11.9 Å². The Morgan fingerprint density at radius 2 is 2.00 bits per heavy atom. The molecule has 5 nitrogen and oxygen atoms in total. The van der Waals surface area contributed by atoms with Gasteiger partial charge in [0.25, 0.3) is 0 Å². The molecule has 5 fully saturated rings. The molecule has 0 aromatic rings. The lowest BCUT2D eigenvalue weighted by Crippen LogP contribution is -2.56. The zero-order valence-corrected chi connectivity index (χ0v) is 14.5. The van der Waals surface area contributed by atoms with Gasteiger partial charge in [-0.05, 0) is 38.5 Å². The summed E-state index contributed by atoms with van der Waals surface area (Å²) in [6, 6.07) is 0. The van der Waals surface area contributed by atoms with E-state index in [1.165, 1.54) is 5.57 Å². The van der Waals surface area contributed by atoms with Crippen LogP contribution in [0, 0.1) is 39.9 Å². The van der Waals surface area contributed by atoms with Gasteiger partial charge in [0, 0.05) is 22.7 Å². The third-order valence-electron chi connectivity index (χ3n) is 8.63. The molecule has 1 spiro atoms. The molecule has 6 aliphatic rings. The number of fused-ring (bicyclic) bond motifs is 1. The standard InChI is InChI=1S/C20H22O5/c1-18(8-21)5-4-10-11-12(18)16(22)24-13(11)14-15-19(2,17(23)25-14)6-3-9-7-20(9,10)15/h4,8-9,11-15H,3,5-7H2,1-2H3/t9-,11+,12+,13-,14+,15-,18+,19-,20+/m0/s1. The van der Waals surface area contributed by atoms with Crippen molar-refractivity contribution in [3.05, 3.63) is 11.6 Å². The van der Waals surface area contributed by atoms with Crippen molar-refractivity contribution < 1.29 is 23.9 Å². The summed E-state index contributed by atoms with van der Waals surface area (Å²) in [7, 11) is 0. The minimum Gasteiger partial charge on any atom is -0.458 e. The van der Waals surface area contributed by atoms with Crippen LogP contribution in [0.3, 0.4) is 0 Å². The predicted octanol–water partition coefficient (Wildman–Crippen LogP) is 2.04. The first-order valence-electron chi connectivity index (χ1n) is 9.45. The number of esters is 2. The highest BCUT2D eigenvalue weighted by Crippen LogP contribution is 2.80. The van der Waals surface area contributed by atoms with Crippen molar-refractivity contribution in [3.8, 4) is 0 Å². The highest BCUT2D eigenvalue weighted by atomic mass is 16.6. The van der Waals surface area contributed by atoms with Crippen LogP contribution in [-0.4, -0.2) is 30.4 Å². The fourth-order valence-corrected chi connectivity index (χ4v) is 7.43. The fourth-order valence-electron chi connectivity index (χ4n) is 7.43. The molecule has 0 amide bonds. The van der Waals surface area contributed by atoms with Crippen molar-refractivity contribution in [1.82, 2.24) is 0 Å². The molecule has 0 radical (unpaired) electrons. The first kappa shape index (κ1) is 14.5.